The third-order valence-electron chi connectivity index (χ3n) is 4.36. The molecule has 170 valence electrons. The third-order valence-corrected chi connectivity index (χ3v) is 4.36. The van der Waals surface area contributed by atoms with E-state index < -0.39 is 66.7 Å². The lowest BCUT2D eigenvalue weighted by Gasteiger charge is -2.26. The van der Waals surface area contributed by atoms with Crippen molar-refractivity contribution in [3.63, 3.8) is 0 Å². The number of carboxylic acid groups (broad SMARTS) is 2. The third kappa shape index (κ3) is 8.83. The summed E-state index contributed by atoms with van der Waals surface area (Å²) in [5.41, 5.74) is 5.88. The fourth-order valence-electron chi connectivity index (χ4n) is 2.74. The summed E-state index contributed by atoms with van der Waals surface area (Å²) in [6.45, 7) is 2.81. The van der Waals surface area contributed by atoms with Crippen LogP contribution in [0.2, 0.25) is 0 Å². The van der Waals surface area contributed by atoms with Gasteiger partial charge in [0.05, 0.1) is 13.0 Å². The van der Waals surface area contributed by atoms with Crippen molar-refractivity contribution in [1.29, 1.82) is 0 Å². The van der Waals surface area contributed by atoms with Gasteiger partial charge in [-0.3, -0.25) is 19.2 Å². The van der Waals surface area contributed by atoms with E-state index in [1.807, 2.05) is 0 Å². The summed E-state index contributed by atoms with van der Waals surface area (Å²) in [6, 6.07) is 4.87. The highest BCUT2D eigenvalue weighted by molar-refractivity contribution is 5.95. The number of nitrogens with one attached hydrogen (secondary N) is 3. The predicted octanol–water partition coefficient (Wildman–Crippen LogP) is -1.14. The monoisotopic (exact) mass is 436 g/mol. The molecule has 0 spiro atoms. The van der Waals surface area contributed by atoms with E-state index in [0.29, 0.717) is 5.56 Å². The Kier molecular flexibility index (Phi) is 10.1. The average molecular weight is 436 g/mol. The zero-order valence-electron chi connectivity index (χ0n) is 17.3. The Morgan fingerprint density at radius 3 is 2.00 bits per heavy atom. The van der Waals surface area contributed by atoms with Crippen LogP contribution < -0.4 is 21.7 Å². The van der Waals surface area contributed by atoms with Crippen molar-refractivity contribution in [2.75, 3.05) is 6.54 Å². The zero-order valence-corrected chi connectivity index (χ0v) is 17.3. The Balaban J connectivity index is 2.93. The summed E-state index contributed by atoms with van der Waals surface area (Å²) in [5.74, 6) is -5.41. The Hall–Kier alpha value is -3.47. The maximum Gasteiger partial charge on any atom is 0.326 e. The molecule has 1 rings (SSSR count). The maximum absolute atomic E-state index is 12.7. The van der Waals surface area contributed by atoms with Crippen molar-refractivity contribution in [2.45, 2.75) is 44.8 Å². The van der Waals surface area contributed by atoms with Gasteiger partial charge in [0.1, 0.15) is 18.1 Å². The van der Waals surface area contributed by atoms with Crippen LogP contribution in [0.25, 0.3) is 0 Å². The van der Waals surface area contributed by atoms with Crippen molar-refractivity contribution in [2.24, 2.45) is 11.7 Å². The van der Waals surface area contributed by atoms with Crippen LogP contribution in [0.4, 0.5) is 0 Å². The minimum atomic E-state index is -1.44. The van der Waals surface area contributed by atoms with E-state index in [2.05, 4.69) is 16.0 Å². The molecule has 0 bridgehead atoms. The molecule has 0 aliphatic rings. The number of aliphatic carboxylic acids is 2. The number of rotatable bonds is 12. The molecule has 11 nitrogen and oxygen atoms in total. The van der Waals surface area contributed by atoms with Gasteiger partial charge in [-0.15, -0.1) is 0 Å². The fourth-order valence-corrected chi connectivity index (χ4v) is 2.74. The molecule has 0 saturated heterocycles. The number of hydrogen-bond donors (Lipinski definition) is 6. The lowest BCUT2D eigenvalue weighted by molar-refractivity contribution is -0.143. The molecule has 1 aromatic rings. The number of carboxylic acids is 2. The van der Waals surface area contributed by atoms with E-state index in [4.69, 9.17) is 10.8 Å². The Bertz CT molecular complexity index is 798. The highest BCUT2D eigenvalue weighted by Gasteiger charge is 2.32. The molecule has 3 atom stereocenters. The van der Waals surface area contributed by atoms with Crippen molar-refractivity contribution in [3.8, 4) is 0 Å². The second kappa shape index (κ2) is 12.3. The van der Waals surface area contributed by atoms with Gasteiger partial charge in [0.15, 0.2) is 0 Å². The number of amides is 3. The van der Waals surface area contributed by atoms with E-state index in [1.165, 1.54) is 0 Å². The molecular weight excluding hydrogens is 408 g/mol. The van der Waals surface area contributed by atoms with Crippen LogP contribution in [0.5, 0.6) is 0 Å². The molecule has 0 saturated carbocycles. The van der Waals surface area contributed by atoms with Crippen LogP contribution in [-0.2, 0) is 30.4 Å². The van der Waals surface area contributed by atoms with Gasteiger partial charge < -0.3 is 31.9 Å². The second-order valence-electron chi connectivity index (χ2n) is 7.24. The second-order valence-corrected chi connectivity index (χ2v) is 7.24. The van der Waals surface area contributed by atoms with Crippen molar-refractivity contribution in [3.05, 3.63) is 35.9 Å². The number of carbonyl (C=O) groups excluding carboxylic acids is 3. The molecule has 7 N–H and O–H groups in total. The van der Waals surface area contributed by atoms with E-state index >= 15 is 0 Å². The van der Waals surface area contributed by atoms with Crippen LogP contribution in [-0.4, -0.2) is 64.5 Å². The van der Waals surface area contributed by atoms with Crippen LogP contribution in [0.15, 0.2) is 30.3 Å². The first kappa shape index (κ1) is 25.6. The highest BCUT2D eigenvalue weighted by Crippen LogP contribution is 2.07. The maximum atomic E-state index is 12.7. The molecule has 0 radical (unpaired) electrons. The van der Waals surface area contributed by atoms with E-state index in [-0.39, 0.29) is 6.42 Å². The molecule has 31 heavy (non-hydrogen) atoms. The molecule has 0 aromatic heterocycles. The largest absolute Gasteiger partial charge is 0.481 e. The molecule has 0 aliphatic heterocycles. The Morgan fingerprint density at radius 1 is 0.903 bits per heavy atom. The SMILES string of the molecule is CC(C)C(NC(=O)C(CC(=O)O)NC(=O)CN)C(=O)NC(Cc1ccccc1)C(=O)O. The summed E-state index contributed by atoms with van der Waals surface area (Å²) in [5, 5.41) is 25.4. The average Bonchev–Trinajstić information content (AvgIpc) is 2.70. The predicted molar refractivity (Wildman–Crippen MR) is 110 cm³/mol. The van der Waals surface area contributed by atoms with E-state index in [1.54, 1.807) is 44.2 Å². The molecule has 11 heteroatoms. The van der Waals surface area contributed by atoms with Crippen LogP contribution >= 0.6 is 0 Å². The summed E-state index contributed by atoms with van der Waals surface area (Å²) in [6.07, 6.45) is -0.676. The van der Waals surface area contributed by atoms with Gasteiger partial charge in [0.2, 0.25) is 17.7 Å². The first-order valence-corrected chi connectivity index (χ1v) is 9.63. The van der Waals surface area contributed by atoms with Crippen molar-refractivity contribution < 1.29 is 34.2 Å². The quantitative estimate of drug-likeness (QED) is 0.237. The normalized spacial score (nSPS) is 13.5. The smallest absolute Gasteiger partial charge is 0.326 e. The highest BCUT2D eigenvalue weighted by atomic mass is 16.4. The Morgan fingerprint density at radius 2 is 1.52 bits per heavy atom. The van der Waals surface area contributed by atoms with E-state index in [0.717, 1.165) is 0 Å². The summed E-state index contributed by atoms with van der Waals surface area (Å²) in [4.78, 5) is 59.4. The van der Waals surface area contributed by atoms with Crippen molar-refractivity contribution >= 4 is 29.7 Å². The molecule has 0 fully saturated rings. The van der Waals surface area contributed by atoms with Crippen molar-refractivity contribution in [1.82, 2.24) is 16.0 Å². The zero-order chi connectivity index (χ0) is 23.6. The topological polar surface area (TPSA) is 188 Å². The first-order valence-electron chi connectivity index (χ1n) is 9.63. The number of carbonyl (C=O) groups is 5. The fraction of sp³-hybridized carbons (Fsp3) is 0.450. The van der Waals surface area contributed by atoms with Gasteiger partial charge in [-0.2, -0.15) is 0 Å². The summed E-state index contributed by atoms with van der Waals surface area (Å²) in [7, 11) is 0. The number of hydrogen-bond acceptors (Lipinski definition) is 6. The summed E-state index contributed by atoms with van der Waals surface area (Å²) >= 11 is 0. The standard InChI is InChI=1S/C20H28N4O7/c1-11(2)17(24-18(28)13(9-16(26)27)22-15(25)10-21)19(29)23-14(20(30)31)8-12-6-4-3-5-7-12/h3-7,11,13-14,17H,8-10,21H2,1-2H3,(H,22,25)(H,23,29)(H,24,28)(H,26,27)(H,30,31). The molecule has 3 amide bonds. The minimum Gasteiger partial charge on any atom is -0.481 e. The van der Waals surface area contributed by atoms with Gasteiger partial charge in [0, 0.05) is 6.42 Å². The van der Waals surface area contributed by atoms with Gasteiger partial charge in [-0.05, 0) is 11.5 Å². The number of benzene rings is 1. The molecule has 1 aromatic carbocycles. The molecule has 0 heterocycles. The molecule has 0 aliphatic carbocycles. The van der Waals surface area contributed by atoms with Crippen LogP contribution in [0.1, 0.15) is 25.8 Å². The molecular formula is C20H28N4O7. The number of nitrogens with two attached hydrogens (primary N) is 1. The lowest BCUT2D eigenvalue weighted by Crippen LogP contribution is -2.58. The first-order chi connectivity index (χ1) is 14.5. The Labute approximate surface area is 179 Å². The summed E-state index contributed by atoms with van der Waals surface area (Å²) < 4.78 is 0. The van der Waals surface area contributed by atoms with Gasteiger partial charge >= 0.3 is 11.9 Å². The molecule has 3 unspecified atom stereocenters. The van der Waals surface area contributed by atoms with Gasteiger partial charge in [0.25, 0.3) is 0 Å². The minimum absolute atomic E-state index is 0.0366. The lowest BCUT2D eigenvalue weighted by atomic mass is 10.0. The van der Waals surface area contributed by atoms with Crippen LogP contribution in [0, 0.1) is 5.92 Å². The van der Waals surface area contributed by atoms with Crippen LogP contribution in [0.3, 0.4) is 0 Å². The van der Waals surface area contributed by atoms with Gasteiger partial charge in [-0.25, -0.2) is 4.79 Å². The van der Waals surface area contributed by atoms with E-state index in [9.17, 15) is 29.1 Å². The van der Waals surface area contributed by atoms with Gasteiger partial charge in [-0.1, -0.05) is 44.2 Å².